The smallest absolute Gasteiger partial charge is 0.320 e. The zero-order valence-corrected chi connectivity index (χ0v) is 11.0. The fourth-order valence-electron chi connectivity index (χ4n) is 1.22. The van der Waals surface area contributed by atoms with Crippen LogP contribution in [0.4, 0.5) is 0 Å². The van der Waals surface area contributed by atoms with Crippen LogP contribution in [-0.2, 0) is 19.0 Å². The van der Waals surface area contributed by atoms with Crippen molar-refractivity contribution in [3.05, 3.63) is 0 Å². The lowest BCUT2D eigenvalue weighted by Crippen LogP contribution is -2.43. The molecule has 1 N–H and O–H groups in total. The molecule has 0 aliphatic heterocycles. The van der Waals surface area contributed by atoms with Crippen molar-refractivity contribution in [1.82, 2.24) is 5.32 Å². The molecule has 0 saturated carbocycles. The summed E-state index contributed by atoms with van der Waals surface area (Å²) in [5.41, 5.74) is -0.454. The summed E-state index contributed by atoms with van der Waals surface area (Å²) in [6.07, 6.45) is -0.373. The molecule has 5 heteroatoms. The number of hydrogen-bond acceptors (Lipinski definition) is 5. The van der Waals surface area contributed by atoms with Gasteiger partial charge in [0.2, 0.25) is 0 Å². The van der Waals surface area contributed by atoms with Gasteiger partial charge >= 0.3 is 5.97 Å². The average molecular weight is 233 g/mol. The summed E-state index contributed by atoms with van der Waals surface area (Å²) in [5.74, 6) is -0.287. The summed E-state index contributed by atoms with van der Waals surface area (Å²) < 4.78 is 15.3. The van der Waals surface area contributed by atoms with Crippen LogP contribution in [0.2, 0.25) is 0 Å². The minimum Gasteiger partial charge on any atom is -0.459 e. The molecule has 0 rings (SSSR count). The molecule has 0 aromatic heterocycles. The molecule has 0 spiro atoms. The van der Waals surface area contributed by atoms with Crippen molar-refractivity contribution in [3.63, 3.8) is 0 Å². The van der Waals surface area contributed by atoms with Crippen LogP contribution in [-0.4, -0.2) is 44.7 Å². The van der Waals surface area contributed by atoms with E-state index < -0.39 is 5.60 Å². The first-order chi connectivity index (χ1) is 7.30. The molecule has 0 bridgehead atoms. The van der Waals surface area contributed by atoms with Crippen LogP contribution >= 0.6 is 0 Å². The molecule has 5 nitrogen and oxygen atoms in total. The molecule has 0 aromatic carbocycles. The molecule has 96 valence electrons. The van der Waals surface area contributed by atoms with Gasteiger partial charge in [0.25, 0.3) is 0 Å². The lowest BCUT2D eigenvalue weighted by Gasteiger charge is -2.23. The minimum absolute atomic E-state index is 0.0810. The third-order valence-electron chi connectivity index (χ3n) is 1.86. The summed E-state index contributed by atoms with van der Waals surface area (Å²) in [6, 6.07) is -0.0810. The number of esters is 1. The highest BCUT2D eigenvalue weighted by Crippen LogP contribution is 2.06. The number of methoxy groups -OCH3 is 2. The van der Waals surface area contributed by atoms with Gasteiger partial charge in [-0.3, -0.25) is 10.1 Å². The zero-order chi connectivity index (χ0) is 12.8. The molecule has 1 atom stereocenters. The van der Waals surface area contributed by atoms with E-state index in [0.717, 1.165) is 0 Å². The highest BCUT2D eigenvalue weighted by Gasteiger charge is 2.19. The summed E-state index contributed by atoms with van der Waals surface area (Å²) in [5, 5.41) is 2.98. The highest BCUT2D eigenvalue weighted by atomic mass is 16.7. The maximum Gasteiger partial charge on any atom is 0.320 e. The molecule has 0 aliphatic rings. The normalized spacial score (nSPS) is 13.9. The van der Waals surface area contributed by atoms with Gasteiger partial charge in [0, 0.05) is 14.2 Å². The second kappa shape index (κ2) is 6.83. The molecule has 0 aromatic rings. The van der Waals surface area contributed by atoms with Crippen molar-refractivity contribution < 1.29 is 19.0 Å². The fourth-order valence-corrected chi connectivity index (χ4v) is 1.22. The van der Waals surface area contributed by atoms with Crippen LogP contribution in [0, 0.1) is 0 Å². The zero-order valence-electron chi connectivity index (χ0n) is 11.0. The summed E-state index contributed by atoms with van der Waals surface area (Å²) >= 11 is 0. The number of hydrogen-bond donors (Lipinski definition) is 1. The van der Waals surface area contributed by atoms with E-state index in [2.05, 4.69) is 5.32 Å². The van der Waals surface area contributed by atoms with Crippen LogP contribution in [0.5, 0.6) is 0 Å². The maximum atomic E-state index is 11.4. The first-order valence-corrected chi connectivity index (χ1v) is 5.31. The Balaban J connectivity index is 3.92. The number of nitrogens with one attached hydrogen (secondary N) is 1. The molecule has 0 heterocycles. The van der Waals surface area contributed by atoms with E-state index in [9.17, 15) is 4.79 Å². The molecule has 0 saturated heterocycles. The van der Waals surface area contributed by atoms with E-state index in [1.165, 1.54) is 0 Å². The van der Waals surface area contributed by atoms with Gasteiger partial charge < -0.3 is 14.2 Å². The fraction of sp³-hybridized carbons (Fsp3) is 0.909. The molecular weight excluding hydrogens is 210 g/mol. The van der Waals surface area contributed by atoms with Crippen LogP contribution in [0.25, 0.3) is 0 Å². The Labute approximate surface area is 97.4 Å². The first-order valence-electron chi connectivity index (χ1n) is 5.31. The SMILES string of the molecule is COC(OC)C(C)NCC(=O)OC(C)(C)C. The van der Waals surface area contributed by atoms with Crippen molar-refractivity contribution in [2.75, 3.05) is 20.8 Å². The molecule has 0 amide bonds. The summed E-state index contributed by atoms with van der Waals surface area (Å²) in [4.78, 5) is 11.4. The molecular formula is C11H23NO4. The number of carbonyl (C=O) groups excluding carboxylic acids is 1. The Kier molecular flexibility index (Phi) is 6.55. The Morgan fingerprint density at radius 3 is 2.12 bits per heavy atom. The average Bonchev–Trinajstić information content (AvgIpc) is 2.14. The van der Waals surface area contributed by atoms with Crippen LogP contribution in [0.1, 0.15) is 27.7 Å². The summed E-state index contributed by atoms with van der Waals surface area (Å²) in [7, 11) is 3.11. The largest absolute Gasteiger partial charge is 0.459 e. The molecule has 0 fully saturated rings. The van der Waals surface area contributed by atoms with Gasteiger partial charge in [-0.1, -0.05) is 0 Å². The topological polar surface area (TPSA) is 56.8 Å². The second-order valence-corrected chi connectivity index (χ2v) is 4.60. The summed E-state index contributed by atoms with van der Waals surface area (Å²) in [6.45, 7) is 7.52. The van der Waals surface area contributed by atoms with Gasteiger partial charge in [0.15, 0.2) is 6.29 Å². The Morgan fingerprint density at radius 1 is 1.25 bits per heavy atom. The van der Waals surface area contributed by atoms with Crippen molar-refractivity contribution in [1.29, 1.82) is 0 Å². The maximum absolute atomic E-state index is 11.4. The minimum atomic E-state index is -0.454. The molecule has 0 aliphatic carbocycles. The van der Waals surface area contributed by atoms with Gasteiger partial charge in [-0.15, -0.1) is 0 Å². The van der Waals surface area contributed by atoms with E-state index >= 15 is 0 Å². The Bertz CT molecular complexity index is 209. The Morgan fingerprint density at radius 2 is 1.75 bits per heavy atom. The second-order valence-electron chi connectivity index (χ2n) is 4.60. The first kappa shape index (κ1) is 15.3. The predicted molar refractivity (Wildman–Crippen MR) is 61.1 cm³/mol. The molecule has 0 radical (unpaired) electrons. The lowest BCUT2D eigenvalue weighted by atomic mass is 10.2. The molecule has 16 heavy (non-hydrogen) atoms. The van der Waals surface area contributed by atoms with E-state index in [0.29, 0.717) is 0 Å². The lowest BCUT2D eigenvalue weighted by molar-refractivity contribution is -0.155. The van der Waals surface area contributed by atoms with E-state index in [-0.39, 0.29) is 24.8 Å². The number of carbonyl (C=O) groups is 1. The predicted octanol–water partition coefficient (Wildman–Crippen LogP) is 0.925. The monoisotopic (exact) mass is 233 g/mol. The van der Waals surface area contributed by atoms with Crippen LogP contribution in [0.3, 0.4) is 0 Å². The van der Waals surface area contributed by atoms with Gasteiger partial charge in [-0.25, -0.2) is 0 Å². The van der Waals surface area contributed by atoms with Crippen molar-refractivity contribution in [3.8, 4) is 0 Å². The third-order valence-corrected chi connectivity index (χ3v) is 1.86. The van der Waals surface area contributed by atoms with Crippen LogP contribution in [0.15, 0.2) is 0 Å². The standard InChI is InChI=1S/C11H23NO4/c1-8(10(14-5)15-6)12-7-9(13)16-11(2,3)4/h8,10,12H,7H2,1-6H3. The third kappa shape index (κ3) is 6.76. The Hall–Kier alpha value is -0.650. The van der Waals surface area contributed by atoms with Crippen molar-refractivity contribution in [2.45, 2.75) is 45.6 Å². The van der Waals surface area contributed by atoms with E-state index in [1.807, 2.05) is 27.7 Å². The van der Waals surface area contributed by atoms with Gasteiger partial charge in [0.1, 0.15) is 5.60 Å². The van der Waals surface area contributed by atoms with E-state index in [1.54, 1.807) is 14.2 Å². The van der Waals surface area contributed by atoms with Gasteiger partial charge in [-0.2, -0.15) is 0 Å². The van der Waals surface area contributed by atoms with Crippen molar-refractivity contribution in [2.24, 2.45) is 0 Å². The molecule has 1 unspecified atom stereocenters. The van der Waals surface area contributed by atoms with Crippen molar-refractivity contribution >= 4 is 5.97 Å². The number of ether oxygens (including phenoxy) is 3. The number of rotatable bonds is 6. The van der Waals surface area contributed by atoms with Gasteiger partial charge in [-0.05, 0) is 27.7 Å². The quantitative estimate of drug-likeness (QED) is 0.546. The van der Waals surface area contributed by atoms with E-state index in [4.69, 9.17) is 14.2 Å². The van der Waals surface area contributed by atoms with Crippen LogP contribution < -0.4 is 5.32 Å². The van der Waals surface area contributed by atoms with Gasteiger partial charge in [0.05, 0.1) is 12.6 Å². The highest BCUT2D eigenvalue weighted by molar-refractivity contribution is 5.72.